The number of anilines is 1. The zero-order valence-corrected chi connectivity index (χ0v) is 11.8. The molecule has 22 heavy (non-hydrogen) atoms. The second kappa shape index (κ2) is 8.43. The van der Waals surface area contributed by atoms with Crippen molar-refractivity contribution >= 4 is 17.6 Å². The molecule has 0 aliphatic rings. The van der Waals surface area contributed by atoms with Crippen molar-refractivity contribution in [2.75, 3.05) is 5.73 Å². The molecule has 6 heteroatoms. The van der Waals surface area contributed by atoms with E-state index in [0.29, 0.717) is 12.1 Å². The Kier molecular flexibility index (Phi) is 6.59. The summed E-state index contributed by atoms with van der Waals surface area (Å²) in [6, 6.07) is 14.9. The Hall–Kier alpha value is -2.86. The molecule has 1 atom stereocenters. The fraction of sp³-hybridized carbons (Fsp3) is 0.125. The SMILES string of the molecule is N[C@@H](Cc1ccccc1)C(=O)O.Nc1ccccc1C(=O)O. The first-order valence-corrected chi connectivity index (χ1v) is 6.52. The molecule has 0 bridgehead atoms. The van der Waals surface area contributed by atoms with Gasteiger partial charge in [0.2, 0.25) is 0 Å². The number of carbonyl (C=O) groups is 2. The van der Waals surface area contributed by atoms with Gasteiger partial charge in [0.15, 0.2) is 0 Å². The molecule has 0 saturated heterocycles. The van der Waals surface area contributed by atoms with Crippen molar-refractivity contribution in [2.24, 2.45) is 5.73 Å². The van der Waals surface area contributed by atoms with Crippen LogP contribution in [-0.2, 0) is 11.2 Å². The predicted octanol–water partition coefficient (Wildman–Crippen LogP) is 1.61. The summed E-state index contributed by atoms with van der Waals surface area (Å²) in [5.41, 5.74) is 12.1. The lowest BCUT2D eigenvalue weighted by atomic mass is 10.1. The van der Waals surface area contributed by atoms with Crippen molar-refractivity contribution in [3.8, 4) is 0 Å². The number of benzene rings is 2. The molecule has 2 aromatic carbocycles. The molecule has 2 rings (SSSR count). The van der Waals surface area contributed by atoms with Gasteiger partial charge in [-0.2, -0.15) is 0 Å². The minimum atomic E-state index is -0.988. The average molecular weight is 302 g/mol. The van der Waals surface area contributed by atoms with Crippen molar-refractivity contribution in [2.45, 2.75) is 12.5 Å². The maximum absolute atomic E-state index is 10.4. The Morgan fingerprint density at radius 3 is 1.95 bits per heavy atom. The highest BCUT2D eigenvalue weighted by Gasteiger charge is 2.10. The van der Waals surface area contributed by atoms with Crippen LogP contribution in [0.2, 0.25) is 0 Å². The summed E-state index contributed by atoms with van der Waals surface area (Å²) in [4.78, 5) is 20.7. The standard InChI is InChI=1S/C9H11NO2.C7H7NO2/c10-8(9(11)12)6-7-4-2-1-3-5-7;8-6-4-2-1-3-5(6)7(9)10/h1-5,8H,6,10H2,(H,11,12);1-4H,8H2,(H,9,10)/t8-;/m0./s1. The van der Waals surface area contributed by atoms with Gasteiger partial charge in [-0.25, -0.2) is 4.79 Å². The summed E-state index contributed by atoms with van der Waals surface area (Å²) in [5, 5.41) is 17.0. The van der Waals surface area contributed by atoms with Gasteiger partial charge in [0.25, 0.3) is 0 Å². The van der Waals surface area contributed by atoms with E-state index in [2.05, 4.69) is 0 Å². The van der Waals surface area contributed by atoms with E-state index in [4.69, 9.17) is 21.7 Å². The molecule has 0 amide bonds. The lowest BCUT2D eigenvalue weighted by Crippen LogP contribution is -2.32. The Bertz CT molecular complexity index is 629. The number of nitrogens with two attached hydrogens (primary N) is 2. The fourth-order valence-corrected chi connectivity index (χ4v) is 1.65. The number of para-hydroxylation sites is 1. The van der Waals surface area contributed by atoms with Crippen LogP contribution >= 0.6 is 0 Å². The summed E-state index contributed by atoms with van der Waals surface area (Å²) in [7, 11) is 0. The second-order valence-corrected chi connectivity index (χ2v) is 4.53. The van der Waals surface area contributed by atoms with E-state index in [0.717, 1.165) is 5.56 Å². The largest absolute Gasteiger partial charge is 0.480 e. The first-order valence-electron chi connectivity index (χ1n) is 6.52. The van der Waals surface area contributed by atoms with E-state index in [1.165, 1.54) is 6.07 Å². The van der Waals surface area contributed by atoms with E-state index >= 15 is 0 Å². The molecule has 0 unspecified atom stereocenters. The normalized spacial score (nSPS) is 11.0. The third-order valence-corrected chi connectivity index (χ3v) is 2.81. The van der Waals surface area contributed by atoms with Crippen LogP contribution in [0.3, 0.4) is 0 Å². The van der Waals surface area contributed by atoms with Crippen molar-refractivity contribution in [1.29, 1.82) is 0 Å². The van der Waals surface area contributed by atoms with Crippen LogP contribution in [0, 0.1) is 0 Å². The number of carboxylic acids is 2. The maximum Gasteiger partial charge on any atom is 0.337 e. The van der Waals surface area contributed by atoms with Crippen molar-refractivity contribution in [3.63, 3.8) is 0 Å². The molecular weight excluding hydrogens is 284 g/mol. The van der Waals surface area contributed by atoms with Gasteiger partial charge >= 0.3 is 11.9 Å². The quantitative estimate of drug-likeness (QED) is 0.635. The number of hydrogen-bond acceptors (Lipinski definition) is 4. The second-order valence-electron chi connectivity index (χ2n) is 4.53. The molecule has 0 aliphatic heterocycles. The minimum absolute atomic E-state index is 0.155. The summed E-state index contributed by atoms with van der Waals surface area (Å²) in [6.07, 6.45) is 0.385. The molecule has 0 heterocycles. The Balaban J connectivity index is 0.000000224. The number of hydrogen-bond donors (Lipinski definition) is 4. The number of nitrogen functional groups attached to an aromatic ring is 1. The number of aliphatic carboxylic acids is 1. The highest BCUT2D eigenvalue weighted by Crippen LogP contribution is 2.09. The third kappa shape index (κ3) is 5.64. The molecule has 116 valence electrons. The van der Waals surface area contributed by atoms with Gasteiger partial charge < -0.3 is 21.7 Å². The van der Waals surface area contributed by atoms with E-state index in [1.54, 1.807) is 18.2 Å². The molecule has 0 radical (unpaired) electrons. The molecule has 0 aromatic heterocycles. The smallest absolute Gasteiger partial charge is 0.337 e. The van der Waals surface area contributed by atoms with Gasteiger partial charge in [-0.1, -0.05) is 42.5 Å². The summed E-state index contributed by atoms with van der Waals surface area (Å²) >= 11 is 0. The molecule has 6 N–H and O–H groups in total. The first kappa shape index (κ1) is 17.2. The molecule has 0 saturated carbocycles. The topological polar surface area (TPSA) is 127 Å². The monoisotopic (exact) mass is 302 g/mol. The van der Waals surface area contributed by atoms with E-state index in [-0.39, 0.29) is 5.56 Å². The molecule has 0 spiro atoms. The zero-order valence-electron chi connectivity index (χ0n) is 11.8. The Morgan fingerprint density at radius 1 is 0.955 bits per heavy atom. The van der Waals surface area contributed by atoms with Gasteiger partial charge in [-0.3, -0.25) is 4.79 Å². The molecular formula is C16H18N2O4. The van der Waals surface area contributed by atoms with Gasteiger partial charge in [0.1, 0.15) is 6.04 Å². The third-order valence-electron chi connectivity index (χ3n) is 2.81. The lowest BCUT2D eigenvalue weighted by molar-refractivity contribution is -0.138. The highest BCUT2D eigenvalue weighted by molar-refractivity contribution is 5.93. The van der Waals surface area contributed by atoms with Gasteiger partial charge in [-0.15, -0.1) is 0 Å². The molecule has 0 fully saturated rings. The fourth-order valence-electron chi connectivity index (χ4n) is 1.65. The van der Waals surface area contributed by atoms with E-state index in [9.17, 15) is 9.59 Å². The summed E-state index contributed by atoms with van der Waals surface area (Å²) < 4.78 is 0. The Labute approximate surface area is 128 Å². The zero-order chi connectivity index (χ0) is 16.5. The summed E-state index contributed by atoms with van der Waals surface area (Å²) in [6.45, 7) is 0. The van der Waals surface area contributed by atoms with Crippen LogP contribution in [0.5, 0.6) is 0 Å². The molecule has 2 aromatic rings. The van der Waals surface area contributed by atoms with E-state index < -0.39 is 18.0 Å². The van der Waals surface area contributed by atoms with E-state index in [1.807, 2.05) is 30.3 Å². The highest BCUT2D eigenvalue weighted by atomic mass is 16.4. The first-order chi connectivity index (χ1) is 10.4. The van der Waals surface area contributed by atoms with Crippen LogP contribution in [0.15, 0.2) is 54.6 Å². The number of carboxylic acid groups (broad SMARTS) is 2. The average Bonchev–Trinajstić information content (AvgIpc) is 2.49. The van der Waals surface area contributed by atoms with Crippen molar-refractivity contribution in [1.82, 2.24) is 0 Å². The van der Waals surface area contributed by atoms with Crippen LogP contribution in [0.4, 0.5) is 5.69 Å². The van der Waals surface area contributed by atoms with Crippen molar-refractivity contribution < 1.29 is 19.8 Å². The van der Waals surface area contributed by atoms with Gasteiger partial charge in [0, 0.05) is 5.69 Å². The van der Waals surface area contributed by atoms with Crippen LogP contribution in [0.1, 0.15) is 15.9 Å². The van der Waals surface area contributed by atoms with Crippen LogP contribution < -0.4 is 11.5 Å². The Morgan fingerprint density at radius 2 is 1.50 bits per heavy atom. The molecule has 6 nitrogen and oxygen atoms in total. The van der Waals surface area contributed by atoms with Crippen LogP contribution in [-0.4, -0.2) is 28.2 Å². The predicted molar refractivity (Wildman–Crippen MR) is 83.6 cm³/mol. The van der Waals surface area contributed by atoms with Gasteiger partial charge in [-0.05, 0) is 24.1 Å². The van der Waals surface area contributed by atoms with Crippen LogP contribution in [0.25, 0.3) is 0 Å². The minimum Gasteiger partial charge on any atom is -0.480 e. The van der Waals surface area contributed by atoms with Crippen molar-refractivity contribution in [3.05, 3.63) is 65.7 Å². The maximum atomic E-state index is 10.4. The molecule has 0 aliphatic carbocycles. The number of aromatic carboxylic acids is 1. The van der Waals surface area contributed by atoms with Gasteiger partial charge in [0.05, 0.1) is 5.56 Å². The summed E-state index contributed by atoms with van der Waals surface area (Å²) in [5.74, 6) is -1.95. The number of rotatable bonds is 4. The lowest BCUT2D eigenvalue weighted by Gasteiger charge is -2.04.